The zero-order valence-electron chi connectivity index (χ0n) is 13.5. The Morgan fingerprint density at radius 2 is 1.95 bits per heavy atom. The summed E-state index contributed by atoms with van der Waals surface area (Å²) in [7, 11) is 0. The average molecular weight is 301 g/mol. The van der Waals surface area contributed by atoms with E-state index in [0.717, 1.165) is 23.4 Å². The standard InChI is InChI=1S/C17H23N3O2/c1-11-21-16(22-11)9-12-6-5-7-13(8-12)20-15(18)10-14(19-20)17(2,3)4/h5-8,10-11,16H,9,18H2,1-4H3. The van der Waals surface area contributed by atoms with Crippen LogP contribution in [0.15, 0.2) is 30.3 Å². The Morgan fingerprint density at radius 1 is 1.23 bits per heavy atom. The van der Waals surface area contributed by atoms with E-state index in [1.54, 1.807) is 4.68 Å². The predicted octanol–water partition coefficient (Wildman–Crippen LogP) is 3.01. The van der Waals surface area contributed by atoms with Gasteiger partial charge in [0.25, 0.3) is 0 Å². The van der Waals surface area contributed by atoms with Gasteiger partial charge >= 0.3 is 0 Å². The minimum Gasteiger partial charge on any atom is -0.384 e. The molecule has 1 fully saturated rings. The Hall–Kier alpha value is -1.85. The number of aromatic nitrogens is 2. The van der Waals surface area contributed by atoms with E-state index in [0.29, 0.717) is 5.82 Å². The van der Waals surface area contributed by atoms with Crippen molar-refractivity contribution >= 4 is 5.82 Å². The van der Waals surface area contributed by atoms with Gasteiger partial charge in [-0.25, -0.2) is 4.68 Å². The van der Waals surface area contributed by atoms with E-state index >= 15 is 0 Å². The van der Waals surface area contributed by atoms with Crippen molar-refractivity contribution in [1.29, 1.82) is 0 Å². The summed E-state index contributed by atoms with van der Waals surface area (Å²) in [6, 6.07) is 10.1. The van der Waals surface area contributed by atoms with Crippen LogP contribution in [0.2, 0.25) is 0 Å². The van der Waals surface area contributed by atoms with Crippen LogP contribution in [0.4, 0.5) is 5.82 Å². The molecular formula is C17H23N3O2. The molecule has 1 saturated heterocycles. The molecule has 2 aromatic rings. The van der Waals surface area contributed by atoms with E-state index < -0.39 is 0 Å². The fourth-order valence-electron chi connectivity index (χ4n) is 2.51. The van der Waals surface area contributed by atoms with Gasteiger partial charge in [-0.05, 0) is 24.6 Å². The molecule has 3 rings (SSSR count). The van der Waals surface area contributed by atoms with Crippen LogP contribution in [-0.4, -0.2) is 22.4 Å². The first-order valence-electron chi connectivity index (χ1n) is 7.59. The lowest BCUT2D eigenvalue weighted by molar-refractivity contribution is -0.374. The van der Waals surface area contributed by atoms with E-state index in [-0.39, 0.29) is 18.0 Å². The highest BCUT2D eigenvalue weighted by Gasteiger charge is 2.27. The number of nitrogens with two attached hydrogens (primary N) is 1. The average Bonchev–Trinajstić information content (AvgIpc) is 2.79. The van der Waals surface area contributed by atoms with Gasteiger partial charge in [0.1, 0.15) is 5.82 Å². The van der Waals surface area contributed by atoms with Gasteiger partial charge in [0.15, 0.2) is 12.6 Å². The number of hydrogen-bond acceptors (Lipinski definition) is 4. The maximum Gasteiger partial charge on any atom is 0.167 e. The number of anilines is 1. The lowest BCUT2D eigenvalue weighted by Gasteiger charge is -2.33. The summed E-state index contributed by atoms with van der Waals surface area (Å²) in [5.74, 6) is 0.645. The van der Waals surface area contributed by atoms with E-state index in [2.05, 4.69) is 38.0 Å². The molecule has 1 aliphatic rings. The number of rotatable bonds is 3. The van der Waals surface area contributed by atoms with Crippen LogP contribution in [-0.2, 0) is 21.3 Å². The monoisotopic (exact) mass is 301 g/mol. The van der Waals surface area contributed by atoms with Crippen molar-refractivity contribution in [3.8, 4) is 5.69 Å². The summed E-state index contributed by atoms with van der Waals surface area (Å²) in [4.78, 5) is 0. The highest BCUT2D eigenvalue weighted by molar-refractivity contribution is 5.45. The molecule has 0 unspecified atom stereocenters. The maximum atomic E-state index is 6.13. The van der Waals surface area contributed by atoms with Crippen molar-refractivity contribution in [3.05, 3.63) is 41.6 Å². The molecule has 22 heavy (non-hydrogen) atoms. The normalized spacial score (nSPS) is 21.6. The van der Waals surface area contributed by atoms with Gasteiger partial charge in [-0.1, -0.05) is 32.9 Å². The van der Waals surface area contributed by atoms with Crippen molar-refractivity contribution in [2.75, 3.05) is 5.73 Å². The van der Waals surface area contributed by atoms with Crippen LogP contribution in [0.3, 0.4) is 0 Å². The highest BCUT2D eigenvalue weighted by atomic mass is 16.9. The molecule has 0 atom stereocenters. The van der Waals surface area contributed by atoms with Crippen LogP contribution in [0.1, 0.15) is 39.0 Å². The van der Waals surface area contributed by atoms with Gasteiger partial charge < -0.3 is 15.2 Å². The third-order valence-electron chi connectivity index (χ3n) is 3.75. The molecule has 5 nitrogen and oxygen atoms in total. The molecule has 1 aromatic heterocycles. The van der Waals surface area contributed by atoms with Crippen molar-refractivity contribution in [2.24, 2.45) is 0 Å². The van der Waals surface area contributed by atoms with Gasteiger partial charge in [-0.3, -0.25) is 0 Å². The predicted molar refractivity (Wildman–Crippen MR) is 85.8 cm³/mol. The minimum absolute atomic E-state index is 0.0271. The molecule has 1 aromatic carbocycles. The Labute approximate surface area is 131 Å². The Balaban J connectivity index is 1.84. The van der Waals surface area contributed by atoms with Crippen LogP contribution < -0.4 is 5.73 Å². The third-order valence-corrected chi connectivity index (χ3v) is 3.75. The Bertz CT molecular complexity index is 667. The quantitative estimate of drug-likeness (QED) is 0.946. The summed E-state index contributed by atoms with van der Waals surface area (Å²) < 4.78 is 12.8. The second kappa shape index (κ2) is 5.41. The van der Waals surface area contributed by atoms with Gasteiger partial charge in [-0.2, -0.15) is 5.10 Å². The highest BCUT2D eigenvalue weighted by Crippen LogP contribution is 2.26. The number of nitrogens with zero attached hydrogens (tertiary/aromatic N) is 2. The number of benzene rings is 1. The first kappa shape index (κ1) is 15.1. The summed E-state index contributed by atoms with van der Waals surface area (Å²) >= 11 is 0. The van der Waals surface area contributed by atoms with Gasteiger partial charge in [0.2, 0.25) is 0 Å². The molecule has 1 aliphatic heterocycles. The van der Waals surface area contributed by atoms with Gasteiger partial charge in [0, 0.05) is 17.9 Å². The molecule has 2 N–H and O–H groups in total. The summed E-state index contributed by atoms with van der Waals surface area (Å²) in [6.07, 6.45) is 0.487. The summed E-state index contributed by atoms with van der Waals surface area (Å²) in [6.45, 7) is 8.28. The maximum absolute atomic E-state index is 6.13. The van der Waals surface area contributed by atoms with E-state index in [1.165, 1.54) is 0 Å². The molecule has 0 amide bonds. The lowest BCUT2D eigenvalue weighted by atomic mass is 9.92. The molecule has 2 heterocycles. The van der Waals surface area contributed by atoms with Gasteiger partial charge in [0.05, 0.1) is 11.4 Å². The van der Waals surface area contributed by atoms with Crippen molar-refractivity contribution in [2.45, 2.75) is 52.1 Å². The molecule has 0 bridgehead atoms. The fourth-order valence-corrected chi connectivity index (χ4v) is 2.51. The molecule has 5 heteroatoms. The molecule has 0 spiro atoms. The van der Waals surface area contributed by atoms with E-state index in [9.17, 15) is 0 Å². The van der Waals surface area contributed by atoms with Crippen molar-refractivity contribution in [1.82, 2.24) is 9.78 Å². The second-order valence-electron chi connectivity index (χ2n) is 6.76. The van der Waals surface area contributed by atoms with Crippen molar-refractivity contribution < 1.29 is 9.47 Å². The van der Waals surface area contributed by atoms with Crippen LogP contribution in [0, 0.1) is 0 Å². The first-order chi connectivity index (χ1) is 10.3. The van der Waals surface area contributed by atoms with E-state index in [4.69, 9.17) is 15.2 Å². The number of ether oxygens (including phenoxy) is 2. The second-order valence-corrected chi connectivity index (χ2v) is 6.76. The number of nitrogen functional groups attached to an aromatic ring is 1. The molecule has 0 saturated carbocycles. The van der Waals surface area contributed by atoms with E-state index in [1.807, 2.05) is 25.1 Å². The number of hydrogen-bond donors (Lipinski definition) is 1. The minimum atomic E-state index is -0.148. The zero-order valence-corrected chi connectivity index (χ0v) is 13.5. The topological polar surface area (TPSA) is 62.3 Å². The molecule has 0 aliphatic carbocycles. The molecule has 118 valence electrons. The largest absolute Gasteiger partial charge is 0.384 e. The first-order valence-corrected chi connectivity index (χ1v) is 7.59. The van der Waals surface area contributed by atoms with Gasteiger partial charge in [-0.15, -0.1) is 0 Å². The smallest absolute Gasteiger partial charge is 0.167 e. The van der Waals surface area contributed by atoms with Crippen LogP contribution in [0.5, 0.6) is 0 Å². The molecular weight excluding hydrogens is 278 g/mol. The lowest BCUT2D eigenvalue weighted by Crippen LogP contribution is -2.40. The Kier molecular flexibility index (Phi) is 3.70. The van der Waals surface area contributed by atoms with Crippen LogP contribution in [0.25, 0.3) is 5.69 Å². The summed E-state index contributed by atoms with van der Waals surface area (Å²) in [5, 5.41) is 4.65. The van der Waals surface area contributed by atoms with Crippen molar-refractivity contribution in [3.63, 3.8) is 0 Å². The SMILES string of the molecule is CC1OC(Cc2cccc(-n3nc(C(C)(C)C)cc3N)c2)O1. The zero-order chi connectivity index (χ0) is 15.9. The fraction of sp³-hybridized carbons (Fsp3) is 0.471. The van der Waals surface area contributed by atoms with Crippen LogP contribution >= 0.6 is 0 Å². The Morgan fingerprint density at radius 3 is 2.55 bits per heavy atom. The third kappa shape index (κ3) is 3.00. The molecule has 0 radical (unpaired) electrons. The summed E-state index contributed by atoms with van der Waals surface area (Å²) in [5.41, 5.74) is 9.18.